The molecule has 0 N–H and O–H groups in total. The standard InChI is InChI=1S/C25H31N3O4/c1-17(2)18-5-7-21(8-6-18)28-12-11-27(25(28)30)16-24(29)26-10-9-19-13-22(31-3)23(32-4)14-20(19)15-26/h5-8,13-14,17H,9-12,15-16H2,1-4H3. The van der Waals surface area contributed by atoms with Crippen LogP contribution in [0, 0.1) is 0 Å². The van der Waals surface area contributed by atoms with E-state index in [4.69, 9.17) is 9.47 Å². The quantitative estimate of drug-likeness (QED) is 0.692. The van der Waals surface area contributed by atoms with E-state index in [9.17, 15) is 9.59 Å². The van der Waals surface area contributed by atoms with Gasteiger partial charge in [0, 0.05) is 31.9 Å². The Balaban J connectivity index is 1.40. The van der Waals surface area contributed by atoms with Crippen LogP contribution in [0.25, 0.3) is 0 Å². The van der Waals surface area contributed by atoms with Crippen LogP contribution in [0.3, 0.4) is 0 Å². The second-order valence-corrected chi connectivity index (χ2v) is 8.64. The van der Waals surface area contributed by atoms with Gasteiger partial charge in [0.1, 0.15) is 6.54 Å². The third-order valence-corrected chi connectivity index (χ3v) is 6.36. The number of carbonyl (C=O) groups is 2. The Hall–Kier alpha value is -3.22. The molecule has 3 amide bonds. The van der Waals surface area contributed by atoms with Crippen LogP contribution in [-0.2, 0) is 17.8 Å². The molecule has 2 aromatic rings. The average molecular weight is 438 g/mol. The average Bonchev–Trinajstić information content (AvgIpc) is 3.17. The van der Waals surface area contributed by atoms with E-state index in [2.05, 4.69) is 26.0 Å². The summed E-state index contributed by atoms with van der Waals surface area (Å²) in [4.78, 5) is 31.2. The van der Waals surface area contributed by atoms with Gasteiger partial charge in [0.25, 0.3) is 0 Å². The molecule has 0 radical (unpaired) electrons. The molecule has 7 nitrogen and oxygen atoms in total. The van der Waals surface area contributed by atoms with E-state index in [1.54, 1.807) is 24.0 Å². The first kappa shape index (κ1) is 22.0. The first-order chi connectivity index (χ1) is 15.4. The number of benzene rings is 2. The molecule has 2 heterocycles. The maximum absolute atomic E-state index is 13.0. The number of anilines is 1. The highest BCUT2D eigenvalue weighted by Crippen LogP contribution is 2.33. The predicted molar refractivity (Wildman–Crippen MR) is 124 cm³/mol. The van der Waals surface area contributed by atoms with Crippen LogP contribution >= 0.6 is 0 Å². The number of nitrogens with zero attached hydrogens (tertiary/aromatic N) is 3. The summed E-state index contributed by atoms with van der Waals surface area (Å²) in [6.07, 6.45) is 0.754. The Morgan fingerprint density at radius 1 is 0.969 bits per heavy atom. The van der Waals surface area contributed by atoms with Crippen LogP contribution in [0.2, 0.25) is 0 Å². The van der Waals surface area contributed by atoms with Gasteiger partial charge in [0.15, 0.2) is 11.5 Å². The lowest BCUT2D eigenvalue weighted by atomic mass is 9.98. The summed E-state index contributed by atoms with van der Waals surface area (Å²) in [7, 11) is 3.23. The summed E-state index contributed by atoms with van der Waals surface area (Å²) in [6.45, 7) is 6.67. The van der Waals surface area contributed by atoms with Gasteiger partial charge >= 0.3 is 6.03 Å². The molecule has 0 spiro atoms. The Kier molecular flexibility index (Phi) is 6.26. The Morgan fingerprint density at radius 2 is 1.62 bits per heavy atom. The number of urea groups is 1. The van der Waals surface area contributed by atoms with Gasteiger partial charge < -0.3 is 19.3 Å². The minimum Gasteiger partial charge on any atom is -0.493 e. The predicted octanol–water partition coefficient (Wildman–Crippen LogP) is 3.65. The monoisotopic (exact) mass is 437 g/mol. The van der Waals surface area contributed by atoms with E-state index < -0.39 is 0 Å². The molecular weight excluding hydrogens is 406 g/mol. The van der Waals surface area contributed by atoms with Crippen LogP contribution in [0.5, 0.6) is 11.5 Å². The summed E-state index contributed by atoms with van der Waals surface area (Å²) in [5.74, 6) is 1.78. The maximum atomic E-state index is 13.0. The van der Waals surface area contributed by atoms with E-state index in [1.165, 1.54) is 11.1 Å². The van der Waals surface area contributed by atoms with Gasteiger partial charge in [-0.25, -0.2) is 4.79 Å². The van der Waals surface area contributed by atoms with Crippen molar-refractivity contribution in [2.24, 2.45) is 0 Å². The number of fused-ring (bicyclic) bond motifs is 1. The fourth-order valence-corrected chi connectivity index (χ4v) is 4.37. The molecule has 0 saturated carbocycles. The zero-order valence-electron chi connectivity index (χ0n) is 19.3. The third kappa shape index (κ3) is 4.24. The molecular formula is C25H31N3O4. The molecule has 32 heavy (non-hydrogen) atoms. The maximum Gasteiger partial charge on any atom is 0.325 e. The largest absolute Gasteiger partial charge is 0.493 e. The lowest BCUT2D eigenvalue weighted by Gasteiger charge is -2.31. The Bertz CT molecular complexity index is 1000. The van der Waals surface area contributed by atoms with Crippen LogP contribution in [0.4, 0.5) is 10.5 Å². The van der Waals surface area contributed by atoms with Crippen LogP contribution in [0.1, 0.15) is 36.5 Å². The van der Waals surface area contributed by atoms with Crippen molar-refractivity contribution in [3.05, 3.63) is 53.1 Å². The number of amides is 3. The molecule has 0 bridgehead atoms. The summed E-state index contributed by atoms with van der Waals surface area (Å²) < 4.78 is 10.8. The summed E-state index contributed by atoms with van der Waals surface area (Å²) in [5.41, 5.74) is 4.34. The van der Waals surface area contributed by atoms with Crippen molar-refractivity contribution in [3.8, 4) is 11.5 Å². The molecule has 0 aromatic heterocycles. The van der Waals surface area contributed by atoms with Crippen molar-refractivity contribution in [2.45, 2.75) is 32.7 Å². The smallest absolute Gasteiger partial charge is 0.325 e. The van der Waals surface area contributed by atoms with Gasteiger partial charge in [0.2, 0.25) is 5.91 Å². The zero-order chi connectivity index (χ0) is 22.8. The number of carbonyl (C=O) groups excluding carboxylic acids is 2. The Labute approximate surface area is 189 Å². The van der Waals surface area contributed by atoms with Crippen molar-refractivity contribution >= 4 is 17.6 Å². The van der Waals surface area contributed by atoms with E-state index in [1.807, 2.05) is 29.2 Å². The zero-order valence-corrected chi connectivity index (χ0v) is 19.3. The summed E-state index contributed by atoms with van der Waals surface area (Å²) in [5, 5.41) is 0. The molecule has 1 fully saturated rings. The minimum atomic E-state index is -0.112. The van der Waals surface area contributed by atoms with E-state index in [0.717, 1.165) is 17.7 Å². The molecule has 7 heteroatoms. The van der Waals surface area contributed by atoms with Gasteiger partial charge in [-0.05, 0) is 53.3 Å². The second-order valence-electron chi connectivity index (χ2n) is 8.64. The number of ether oxygens (including phenoxy) is 2. The van der Waals surface area contributed by atoms with Gasteiger partial charge in [0.05, 0.1) is 14.2 Å². The SMILES string of the molecule is COc1cc2c(cc1OC)CN(C(=O)CN1CCN(c3ccc(C(C)C)cc3)C1=O)CC2. The van der Waals surface area contributed by atoms with Crippen molar-refractivity contribution in [1.29, 1.82) is 0 Å². The summed E-state index contributed by atoms with van der Waals surface area (Å²) >= 11 is 0. The highest BCUT2D eigenvalue weighted by Gasteiger charge is 2.32. The first-order valence-electron chi connectivity index (χ1n) is 11.1. The topological polar surface area (TPSA) is 62.3 Å². The lowest BCUT2D eigenvalue weighted by Crippen LogP contribution is -2.44. The molecule has 2 aliphatic rings. The number of hydrogen-bond acceptors (Lipinski definition) is 4. The van der Waals surface area contributed by atoms with Crippen molar-refractivity contribution in [1.82, 2.24) is 9.80 Å². The van der Waals surface area contributed by atoms with Crippen LogP contribution < -0.4 is 14.4 Å². The van der Waals surface area contributed by atoms with E-state index >= 15 is 0 Å². The highest BCUT2D eigenvalue weighted by molar-refractivity contribution is 5.96. The number of methoxy groups -OCH3 is 2. The van der Waals surface area contributed by atoms with Crippen LogP contribution in [-0.4, -0.2) is 62.1 Å². The van der Waals surface area contributed by atoms with Gasteiger partial charge in [-0.15, -0.1) is 0 Å². The van der Waals surface area contributed by atoms with Crippen molar-refractivity contribution in [3.63, 3.8) is 0 Å². The fraction of sp³-hybridized carbons (Fsp3) is 0.440. The van der Waals surface area contributed by atoms with Gasteiger partial charge in [-0.2, -0.15) is 0 Å². The molecule has 0 unspecified atom stereocenters. The van der Waals surface area contributed by atoms with E-state index in [0.29, 0.717) is 43.6 Å². The number of hydrogen-bond donors (Lipinski definition) is 0. The van der Waals surface area contributed by atoms with Crippen LogP contribution in [0.15, 0.2) is 36.4 Å². The first-order valence-corrected chi connectivity index (χ1v) is 11.1. The molecule has 4 rings (SSSR count). The molecule has 2 aliphatic heterocycles. The molecule has 1 saturated heterocycles. The lowest BCUT2D eigenvalue weighted by molar-refractivity contribution is -0.132. The van der Waals surface area contributed by atoms with Gasteiger partial charge in [-0.3, -0.25) is 9.69 Å². The second kappa shape index (κ2) is 9.10. The van der Waals surface area contributed by atoms with E-state index in [-0.39, 0.29) is 18.5 Å². The minimum absolute atomic E-state index is 0.0317. The fourth-order valence-electron chi connectivity index (χ4n) is 4.37. The van der Waals surface area contributed by atoms with Crippen molar-refractivity contribution in [2.75, 3.05) is 45.3 Å². The number of rotatable bonds is 6. The molecule has 0 atom stereocenters. The molecule has 170 valence electrons. The highest BCUT2D eigenvalue weighted by atomic mass is 16.5. The normalized spacial score (nSPS) is 15.9. The third-order valence-electron chi connectivity index (χ3n) is 6.36. The van der Waals surface area contributed by atoms with Crippen molar-refractivity contribution < 1.29 is 19.1 Å². The molecule has 2 aromatic carbocycles. The van der Waals surface area contributed by atoms with Gasteiger partial charge in [-0.1, -0.05) is 26.0 Å². The Morgan fingerprint density at radius 3 is 2.25 bits per heavy atom. The molecule has 0 aliphatic carbocycles. The summed E-state index contributed by atoms with van der Waals surface area (Å²) in [6, 6.07) is 11.9.